The summed E-state index contributed by atoms with van der Waals surface area (Å²) in [6.45, 7) is 0.156. The Morgan fingerprint density at radius 2 is 2.11 bits per heavy atom. The van der Waals surface area contributed by atoms with Gasteiger partial charge in [0, 0.05) is 15.6 Å². The van der Waals surface area contributed by atoms with Gasteiger partial charge >= 0.3 is 0 Å². The molecule has 2 aromatic rings. The van der Waals surface area contributed by atoms with Crippen LogP contribution in [0.25, 0.3) is 0 Å². The average molecular weight is 294 g/mol. The minimum absolute atomic E-state index is 0.156. The van der Waals surface area contributed by atoms with E-state index in [1.54, 1.807) is 29.7 Å². The van der Waals surface area contributed by atoms with Gasteiger partial charge in [-0.2, -0.15) is 5.10 Å². The highest BCUT2D eigenvalue weighted by Gasteiger charge is 1.99. The van der Waals surface area contributed by atoms with Crippen molar-refractivity contribution in [3.8, 4) is 0 Å². The second kappa shape index (κ2) is 6.92. The molecule has 2 N–H and O–H groups in total. The summed E-state index contributed by atoms with van der Waals surface area (Å²) in [6, 6.07) is 11.0. The van der Waals surface area contributed by atoms with Crippen molar-refractivity contribution in [2.75, 3.05) is 11.9 Å². The van der Waals surface area contributed by atoms with E-state index in [0.717, 1.165) is 10.6 Å². The molecule has 0 fully saturated rings. The molecule has 0 radical (unpaired) electrons. The van der Waals surface area contributed by atoms with Crippen molar-refractivity contribution in [1.82, 2.24) is 5.43 Å². The van der Waals surface area contributed by atoms with Gasteiger partial charge < -0.3 is 5.32 Å². The van der Waals surface area contributed by atoms with Crippen LogP contribution in [0, 0.1) is 0 Å². The van der Waals surface area contributed by atoms with Gasteiger partial charge in [-0.3, -0.25) is 4.79 Å². The minimum Gasteiger partial charge on any atom is -0.376 e. The second-order valence-corrected chi connectivity index (χ2v) is 5.08. The van der Waals surface area contributed by atoms with E-state index in [2.05, 4.69) is 15.8 Å². The number of rotatable bonds is 5. The van der Waals surface area contributed by atoms with Gasteiger partial charge in [0.1, 0.15) is 0 Å². The number of carbonyl (C=O) groups is 1. The Hall–Kier alpha value is -1.85. The molecule has 19 heavy (non-hydrogen) atoms. The topological polar surface area (TPSA) is 53.5 Å². The number of carbonyl (C=O) groups excluding carboxylic acids is 1. The van der Waals surface area contributed by atoms with Crippen molar-refractivity contribution in [3.05, 3.63) is 51.7 Å². The van der Waals surface area contributed by atoms with Gasteiger partial charge in [-0.25, -0.2) is 5.43 Å². The molecule has 98 valence electrons. The molecule has 0 atom stereocenters. The third-order valence-corrected chi connectivity index (χ3v) is 3.28. The zero-order chi connectivity index (χ0) is 13.5. The zero-order valence-electron chi connectivity index (χ0n) is 9.97. The zero-order valence-corrected chi connectivity index (χ0v) is 11.5. The summed E-state index contributed by atoms with van der Waals surface area (Å²) in [5, 5.41) is 9.45. The molecule has 0 unspecified atom stereocenters. The summed E-state index contributed by atoms with van der Waals surface area (Å²) >= 11 is 7.32. The van der Waals surface area contributed by atoms with Crippen LogP contribution < -0.4 is 10.7 Å². The molecule has 1 aromatic heterocycles. The van der Waals surface area contributed by atoms with Crippen LogP contribution in [-0.2, 0) is 4.79 Å². The summed E-state index contributed by atoms with van der Waals surface area (Å²) < 4.78 is 0. The van der Waals surface area contributed by atoms with E-state index < -0.39 is 0 Å². The number of nitrogens with one attached hydrogen (secondary N) is 2. The first-order chi connectivity index (χ1) is 9.24. The Morgan fingerprint density at radius 3 is 2.79 bits per heavy atom. The molecule has 0 aliphatic carbocycles. The quantitative estimate of drug-likeness (QED) is 0.658. The van der Waals surface area contributed by atoms with Crippen LogP contribution in [0.4, 0.5) is 5.69 Å². The van der Waals surface area contributed by atoms with Crippen molar-refractivity contribution in [2.24, 2.45) is 5.10 Å². The minimum atomic E-state index is -0.206. The maximum absolute atomic E-state index is 11.5. The third-order valence-electron chi connectivity index (χ3n) is 2.22. The lowest BCUT2D eigenvalue weighted by Crippen LogP contribution is -2.25. The van der Waals surface area contributed by atoms with Crippen molar-refractivity contribution >= 4 is 40.7 Å². The molecule has 2 rings (SSSR count). The first-order valence-corrected chi connectivity index (χ1v) is 6.84. The molecule has 0 saturated heterocycles. The predicted molar refractivity (Wildman–Crippen MR) is 80.0 cm³/mol. The van der Waals surface area contributed by atoms with E-state index >= 15 is 0 Å². The van der Waals surface area contributed by atoms with E-state index in [1.807, 2.05) is 29.6 Å². The summed E-state index contributed by atoms with van der Waals surface area (Å²) in [6.07, 6.45) is 1.62. The van der Waals surface area contributed by atoms with Crippen molar-refractivity contribution in [3.63, 3.8) is 0 Å². The number of anilines is 1. The molecule has 0 aliphatic heterocycles. The van der Waals surface area contributed by atoms with Crippen molar-refractivity contribution in [1.29, 1.82) is 0 Å². The maximum Gasteiger partial charge on any atom is 0.259 e. The second-order valence-electron chi connectivity index (χ2n) is 3.67. The Bertz CT molecular complexity index is 552. The average Bonchev–Trinajstić information content (AvgIpc) is 2.91. The van der Waals surface area contributed by atoms with Gasteiger partial charge in [0.25, 0.3) is 5.91 Å². The summed E-state index contributed by atoms with van der Waals surface area (Å²) in [7, 11) is 0. The van der Waals surface area contributed by atoms with Crippen LogP contribution in [0.5, 0.6) is 0 Å². The number of nitrogens with zero attached hydrogens (tertiary/aromatic N) is 1. The number of hydrogen-bond acceptors (Lipinski definition) is 4. The lowest BCUT2D eigenvalue weighted by molar-refractivity contribution is -0.119. The summed E-state index contributed by atoms with van der Waals surface area (Å²) in [5.41, 5.74) is 3.29. The van der Waals surface area contributed by atoms with E-state index in [0.29, 0.717) is 5.02 Å². The highest BCUT2D eigenvalue weighted by Crippen LogP contribution is 2.12. The van der Waals surface area contributed by atoms with Gasteiger partial charge in [0.05, 0.1) is 12.8 Å². The van der Waals surface area contributed by atoms with Crippen LogP contribution >= 0.6 is 22.9 Å². The largest absolute Gasteiger partial charge is 0.376 e. The van der Waals surface area contributed by atoms with Crippen LogP contribution in [0.3, 0.4) is 0 Å². The summed E-state index contributed by atoms with van der Waals surface area (Å²) in [4.78, 5) is 12.5. The molecule has 0 aliphatic rings. The van der Waals surface area contributed by atoms with Crippen LogP contribution in [0.1, 0.15) is 4.88 Å². The van der Waals surface area contributed by atoms with E-state index in [1.165, 1.54) is 0 Å². The third kappa shape index (κ3) is 4.73. The SMILES string of the molecule is O=C(CNc1ccc(Cl)cc1)N/N=C/c1cccs1. The molecule has 6 heteroatoms. The monoisotopic (exact) mass is 293 g/mol. The normalized spacial score (nSPS) is 10.6. The Labute approximate surface area is 120 Å². The van der Waals surface area contributed by atoms with Gasteiger partial charge in [-0.1, -0.05) is 17.7 Å². The smallest absolute Gasteiger partial charge is 0.259 e. The van der Waals surface area contributed by atoms with Gasteiger partial charge in [0.2, 0.25) is 0 Å². The highest BCUT2D eigenvalue weighted by atomic mass is 35.5. The molecule has 1 aromatic carbocycles. The Kier molecular flexibility index (Phi) is 4.94. The van der Waals surface area contributed by atoms with Crippen LogP contribution in [0.15, 0.2) is 46.9 Å². The maximum atomic E-state index is 11.5. The molecular weight excluding hydrogens is 282 g/mol. The molecule has 1 heterocycles. The van der Waals surface area contributed by atoms with E-state index in [9.17, 15) is 4.79 Å². The first kappa shape index (κ1) is 13.6. The number of hydrogen-bond donors (Lipinski definition) is 2. The fourth-order valence-corrected chi connectivity index (χ4v) is 2.03. The van der Waals surface area contributed by atoms with E-state index in [-0.39, 0.29) is 12.5 Å². The highest BCUT2D eigenvalue weighted by molar-refractivity contribution is 7.11. The molecule has 4 nitrogen and oxygen atoms in total. The van der Waals surface area contributed by atoms with Gasteiger partial charge in [-0.05, 0) is 35.7 Å². The lowest BCUT2D eigenvalue weighted by atomic mass is 10.3. The predicted octanol–water partition coefficient (Wildman–Crippen LogP) is 2.96. The van der Waals surface area contributed by atoms with Gasteiger partial charge in [-0.15, -0.1) is 11.3 Å². The molecule has 0 spiro atoms. The van der Waals surface area contributed by atoms with Crippen LogP contribution in [-0.4, -0.2) is 18.7 Å². The lowest BCUT2D eigenvalue weighted by Gasteiger charge is -2.04. The fraction of sp³-hybridized carbons (Fsp3) is 0.0769. The molecule has 0 bridgehead atoms. The van der Waals surface area contributed by atoms with Crippen LogP contribution in [0.2, 0.25) is 5.02 Å². The number of amides is 1. The van der Waals surface area contributed by atoms with Crippen molar-refractivity contribution in [2.45, 2.75) is 0 Å². The van der Waals surface area contributed by atoms with Gasteiger partial charge in [0.15, 0.2) is 0 Å². The first-order valence-electron chi connectivity index (χ1n) is 5.59. The Morgan fingerprint density at radius 1 is 1.32 bits per heavy atom. The number of halogens is 1. The number of thiophene rings is 1. The van der Waals surface area contributed by atoms with E-state index in [4.69, 9.17) is 11.6 Å². The fourth-order valence-electron chi connectivity index (χ4n) is 1.32. The number of hydrazone groups is 1. The number of benzene rings is 1. The molecule has 0 saturated carbocycles. The molecule has 1 amide bonds. The summed E-state index contributed by atoms with van der Waals surface area (Å²) in [5.74, 6) is -0.206. The van der Waals surface area contributed by atoms with Crippen molar-refractivity contribution < 1.29 is 4.79 Å². The molecular formula is C13H12ClN3OS. The standard InChI is InChI=1S/C13H12ClN3OS/c14-10-3-5-11(6-4-10)15-9-13(18)17-16-8-12-2-1-7-19-12/h1-8,15H,9H2,(H,17,18)/b16-8+. The Balaban J connectivity index is 1.74.